The SMILES string of the molecule is COC(=O)c1ccc(OCCCCBr)cc1. The molecular weight excluding hydrogens is 272 g/mol. The molecule has 16 heavy (non-hydrogen) atoms. The maximum atomic E-state index is 11.2. The van der Waals surface area contributed by atoms with Crippen molar-refractivity contribution in [3.8, 4) is 5.75 Å². The van der Waals surface area contributed by atoms with E-state index in [1.807, 2.05) is 0 Å². The van der Waals surface area contributed by atoms with E-state index in [1.165, 1.54) is 7.11 Å². The molecule has 0 saturated carbocycles. The Morgan fingerprint density at radius 2 is 1.94 bits per heavy atom. The van der Waals surface area contributed by atoms with E-state index in [2.05, 4.69) is 20.7 Å². The molecule has 1 rings (SSSR count). The molecule has 0 aliphatic heterocycles. The fraction of sp³-hybridized carbons (Fsp3) is 0.417. The molecule has 0 bridgehead atoms. The molecule has 0 aliphatic rings. The number of alkyl halides is 1. The van der Waals surface area contributed by atoms with E-state index in [9.17, 15) is 4.79 Å². The molecule has 3 nitrogen and oxygen atoms in total. The number of ether oxygens (including phenoxy) is 2. The van der Waals surface area contributed by atoms with Crippen molar-refractivity contribution in [2.24, 2.45) is 0 Å². The zero-order chi connectivity index (χ0) is 11.8. The summed E-state index contributed by atoms with van der Waals surface area (Å²) in [5.41, 5.74) is 0.537. The Labute approximate surface area is 104 Å². The third-order valence-corrected chi connectivity index (χ3v) is 2.63. The average molecular weight is 287 g/mol. The smallest absolute Gasteiger partial charge is 0.337 e. The van der Waals surface area contributed by atoms with Gasteiger partial charge in [-0.3, -0.25) is 0 Å². The summed E-state index contributed by atoms with van der Waals surface area (Å²) in [6.07, 6.45) is 2.12. The molecule has 88 valence electrons. The number of unbranched alkanes of at least 4 members (excludes halogenated alkanes) is 1. The number of esters is 1. The third kappa shape index (κ3) is 4.23. The number of carbonyl (C=O) groups is 1. The summed E-state index contributed by atoms with van der Waals surface area (Å²) in [7, 11) is 1.37. The predicted molar refractivity (Wildman–Crippen MR) is 66.3 cm³/mol. The Hall–Kier alpha value is -1.03. The standard InChI is InChI=1S/C12H15BrO3/c1-15-12(14)10-4-6-11(7-5-10)16-9-3-2-8-13/h4-7H,2-3,8-9H2,1H3. The van der Waals surface area contributed by atoms with Crippen molar-refractivity contribution in [3.05, 3.63) is 29.8 Å². The quantitative estimate of drug-likeness (QED) is 0.458. The zero-order valence-electron chi connectivity index (χ0n) is 9.24. The molecule has 0 radical (unpaired) electrons. The first-order chi connectivity index (χ1) is 7.77. The lowest BCUT2D eigenvalue weighted by Gasteiger charge is -2.05. The Morgan fingerprint density at radius 1 is 1.25 bits per heavy atom. The average Bonchev–Trinajstić information content (AvgIpc) is 2.34. The van der Waals surface area contributed by atoms with Crippen molar-refractivity contribution >= 4 is 21.9 Å². The number of carbonyl (C=O) groups excluding carboxylic acids is 1. The summed E-state index contributed by atoms with van der Waals surface area (Å²) in [6, 6.07) is 6.96. The number of benzene rings is 1. The van der Waals surface area contributed by atoms with Crippen LogP contribution >= 0.6 is 15.9 Å². The van der Waals surface area contributed by atoms with Gasteiger partial charge >= 0.3 is 5.97 Å². The van der Waals surface area contributed by atoms with Crippen LogP contribution in [-0.4, -0.2) is 25.0 Å². The van der Waals surface area contributed by atoms with Crippen LogP contribution < -0.4 is 4.74 Å². The zero-order valence-corrected chi connectivity index (χ0v) is 10.8. The van der Waals surface area contributed by atoms with Crippen LogP contribution in [0.25, 0.3) is 0 Å². The molecule has 1 aromatic rings. The monoisotopic (exact) mass is 286 g/mol. The molecule has 0 unspecified atom stereocenters. The van der Waals surface area contributed by atoms with Gasteiger partial charge in [0, 0.05) is 5.33 Å². The first-order valence-corrected chi connectivity index (χ1v) is 6.27. The number of methoxy groups -OCH3 is 1. The van der Waals surface area contributed by atoms with Gasteiger partial charge in [0.15, 0.2) is 0 Å². The van der Waals surface area contributed by atoms with Gasteiger partial charge in [-0.1, -0.05) is 15.9 Å². The molecular formula is C12H15BrO3. The highest BCUT2D eigenvalue weighted by atomic mass is 79.9. The van der Waals surface area contributed by atoms with Gasteiger partial charge in [0.1, 0.15) is 5.75 Å². The molecule has 0 amide bonds. The summed E-state index contributed by atoms with van der Waals surface area (Å²) < 4.78 is 10.1. The first-order valence-electron chi connectivity index (χ1n) is 5.15. The van der Waals surface area contributed by atoms with Gasteiger partial charge < -0.3 is 9.47 Å². The van der Waals surface area contributed by atoms with Gasteiger partial charge in [0.2, 0.25) is 0 Å². The van der Waals surface area contributed by atoms with Crippen LogP contribution in [0.2, 0.25) is 0 Å². The van der Waals surface area contributed by atoms with Gasteiger partial charge in [0.05, 0.1) is 19.3 Å². The fourth-order valence-electron chi connectivity index (χ4n) is 1.19. The van der Waals surface area contributed by atoms with Gasteiger partial charge in [-0.25, -0.2) is 4.79 Å². The van der Waals surface area contributed by atoms with E-state index < -0.39 is 0 Å². The molecule has 4 heteroatoms. The molecule has 0 heterocycles. The van der Waals surface area contributed by atoms with Gasteiger partial charge in [0.25, 0.3) is 0 Å². The largest absolute Gasteiger partial charge is 0.494 e. The minimum absolute atomic E-state index is 0.328. The van der Waals surface area contributed by atoms with E-state index in [1.54, 1.807) is 24.3 Å². The second-order valence-electron chi connectivity index (χ2n) is 3.26. The van der Waals surface area contributed by atoms with E-state index in [0.29, 0.717) is 12.2 Å². The summed E-state index contributed by atoms with van der Waals surface area (Å²) in [6.45, 7) is 0.698. The molecule has 0 atom stereocenters. The molecule has 1 aromatic carbocycles. The van der Waals surface area contributed by atoms with Crippen LogP contribution in [0.15, 0.2) is 24.3 Å². The highest BCUT2D eigenvalue weighted by Gasteiger charge is 2.04. The van der Waals surface area contributed by atoms with Gasteiger partial charge in [-0.05, 0) is 37.1 Å². The lowest BCUT2D eigenvalue weighted by atomic mass is 10.2. The topological polar surface area (TPSA) is 35.5 Å². The van der Waals surface area contributed by atoms with Crippen molar-refractivity contribution in [1.29, 1.82) is 0 Å². The highest BCUT2D eigenvalue weighted by Crippen LogP contribution is 2.13. The van der Waals surface area contributed by atoms with Gasteiger partial charge in [-0.2, -0.15) is 0 Å². The summed E-state index contributed by atoms with van der Waals surface area (Å²) in [4.78, 5) is 11.2. The van der Waals surface area contributed by atoms with Crippen LogP contribution in [0.5, 0.6) is 5.75 Å². The molecule has 0 aromatic heterocycles. The fourth-order valence-corrected chi connectivity index (χ4v) is 1.59. The number of rotatable bonds is 6. The lowest BCUT2D eigenvalue weighted by molar-refractivity contribution is 0.0600. The lowest BCUT2D eigenvalue weighted by Crippen LogP contribution is -2.01. The van der Waals surface area contributed by atoms with Crippen molar-refractivity contribution in [1.82, 2.24) is 0 Å². The molecule has 0 aliphatic carbocycles. The Bertz CT molecular complexity index is 322. The van der Waals surface area contributed by atoms with Crippen LogP contribution in [0.4, 0.5) is 0 Å². The van der Waals surface area contributed by atoms with Crippen LogP contribution in [-0.2, 0) is 4.74 Å². The number of halogens is 1. The van der Waals surface area contributed by atoms with Crippen molar-refractivity contribution in [2.45, 2.75) is 12.8 Å². The normalized spacial score (nSPS) is 9.88. The van der Waals surface area contributed by atoms with Gasteiger partial charge in [-0.15, -0.1) is 0 Å². The van der Waals surface area contributed by atoms with E-state index in [0.717, 1.165) is 23.9 Å². The number of hydrogen-bond acceptors (Lipinski definition) is 3. The Balaban J connectivity index is 2.42. The van der Waals surface area contributed by atoms with Crippen LogP contribution in [0, 0.1) is 0 Å². The Morgan fingerprint density at radius 3 is 2.50 bits per heavy atom. The second-order valence-corrected chi connectivity index (χ2v) is 4.05. The summed E-state index contributed by atoms with van der Waals surface area (Å²) in [5, 5.41) is 0.998. The third-order valence-electron chi connectivity index (χ3n) is 2.07. The molecule has 0 spiro atoms. The van der Waals surface area contributed by atoms with E-state index in [-0.39, 0.29) is 5.97 Å². The maximum Gasteiger partial charge on any atom is 0.337 e. The van der Waals surface area contributed by atoms with E-state index >= 15 is 0 Å². The highest BCUT2D eigenvalue weighted by molar-refractivity contribution is 9.09. The summed E-state index contributed by atoms with van der Waals surface area (Å²) >= 11 is 3.36. The second kappa shape index (κ2) is 7.28. The molecule has 0 N–H and O–H groups in total. The minimum Gasteiger partial charge on any atom is -0.494 e. The number of hydrogen-bond donors (Lipinski definition) is 0. The molecule has 0 saturated heterocycles. The minimum atomic E-state index is -0.328. The van der Waals surface area contributed by atoms with E-state index in [4.69, 9.17) is 4.74 Å². The maximum absolute atomic E-state index is 11.2. The van der Waals surface area contributed by atoms with Crippen molar-refractivity contribution < 1.29 is 14.3 Å². The van der Waals surface area contributed by atoms with Crippen LogP contribution in [0.1, 0.15) is 23.2 Å². The van der Waals surface area contributed by atoms with Crippen LogP contribution in [0.3, 0.4) is 0 Å². The Kier molecular flexibility index (Phi) is 5.93. The first kappa shape index (κ1) is 13.0. The van der Waals surface area contributed by atoms with Crippen molar-refractivity contribution in [3.63, 3.8) is 0 Å². The summed E-state index contributed by atoms with van der Waals surface area (Å²) in [5.74, 6) is 0.452. The molecule has 0 fully saturated rings. The van der Waals surface area contributed by atoms with Crippen molar-refractivity contribution in [2.75, 3.05) is 19.0 Å². The predicted octanol–water partition coefficient (Wildman–Crippen LogP) is 3.03.